The Kier molecular flexibility index (Phi) is 5.08. The summed E-state index contributed by atoms with van der Waals surface area (Å²) in [5.74, 6) is -3.67. The molecule has 0 aliphatic carbocycles. The number of carboxylic acid groups (broad SMARTS) is 3. The molecule has 0 heterocycles. The second-order valence-corrected chi connectivity index (χ2v) is 5.86. The standard InChI is InChI=1S/C21H15NO6/c23-19(24)13-1-7-16(8-2-13)22(17-9-3-14(4-10-17)20(25)26)18-11-5-15(6-12-18)21(27)28/h1-12H,(H,23,24)(H,25,26)(H,27,28)/p-2. The molecule has 7 heteroatoms. The lowest BCUT2D eigenvalue weighted by Crippen LogP contribution is -2.22. The van der Waals surface area contributed by atoms with E-state index in [9.17, 15) is 24.6 Å². The fraction of sp³-hybridized carbons (Fsp3) is 0. The van der Waals surface area contributed by atoms with Gasteiger partial charge in [-0.1, -0.05) is 24.3 Å². The summed E-state index contributed by atoms with van der Waals surface area (Å²) in [6.07, 6.45) is 0. The lowest BCUT2D eigenvalue weighted by molar-refractivity contribution is -0.256. The average Bonchev–Trinajstić information content (AvgIpc) is 2.69. The van der Waals surface area contributed by atoms with Crippen LogP contribution in [0.3, 0.4) is 0 Å². The maximum atomic E-state index is 11.1. The number of aromatic carboxylic acids is 3. The molecule has 0 spiro atoms. The number of carbonyl (C=O) groups excluding carboxylic acids is 2. The van der Waals surface area contributed by atoms with E-state index in [4.69, 9.17) is 5.11 Å². The molecule has 0 fully saturated rings. The predicted molar refractivity (Wildman–Crippen MR) is 96.7 cm³/mol. The molecule has 0 aliphatic rings. The first-order chi connectivity index (χ1) is 13.4. The number of benzene rings is 3. The highest BCUT2D eigenvalue weighted by Crippen LogP contribution is 2.34. The van der Waals surface area contributed by atoms with Crippen LogP contribution < -0.4 is 15.1 Å². The van der Waals surface area contributed by atoms with Crippen molar-refractivity contribution in [3.63, 3.8) is 0 Å². The summed E-state index contributed by atoms with van der Waals surface area (Å²) in [5, 5.41) is 31.0. The molecule has 0 unspecified atom stereocenters. The predicted octanol–water partition coefficient (Wildman–Crippen LogP) is 1.58. The molecule has 3 aromatic rings. The second-order valence-electron chi connectivity index (χ2n) is 5.86. The zero-order chi connectivity index (χ0) is 20.3. The highest BCUT2D eigenvalue weighted by atomic mass is 16.4. The van der Waals surface area contributed by atoms with Crippen LogP contribution >= 0.6 is 0 Å². The van der Waals surface area contributed by atoms with Crippen LogP contribution in [0.2, 0.25) is 0 Å². The van der Waals surface area contributed by atoms with Gasteiger partial charge < -0.3 is 29.8 Å². The lowest BCUT2D eigenvalue weighted by Gasteiger charge is -2.26. The fourth-order valence-electron chi connectivity index (χ4n) is 2.69. The number of anilines is 3. The molecule has 0 aliphatic heterocycles. The Bertz CT molecular complexity index is 887. The summed E-state index contributed by atoms with van der Waals surface area (Å²) in [6.45, 7) is 0. The van der Waals surface area contributed by atoms with Gasteiger partial charge in [-0.3, -0.25) is 0 Å². The molecule has 28 heavy (non-hydrogen) atoms. The van der Waals surface area contributed by atoms with E-state index in [-0.39, 0.29) is 16.7 Å². The van der Waals surface area contributed by atoms with Crippen molar-refractivity contribution >= 4 is 35.0 Å². The van der Waals surface area contributed by atoms with Gasteiger partial charge in [-0.15, -0.1) is 0 Å². The van der Waals surface area contributed by atoms with Gasteiger partial charge in [-0.25, -0.2) is 4.79 Å². The lowest BCUT2D eigenvalue weighted by atomic mass is 10.1. The Morgan fingerprint density at radius 1 is 0.571 bits per heavy atom. The minimum atomic E-state index is -1.30. The first-order valence-corrected chi connectivity index (χ1v) is 8.13. The molecule has 3 rings (SSSR count). The van der Waals surface area contributed by atoms with E-state index < -0.39 is 17.9 Å². The molecule has 0 bridgehead atoms. The van der Waals surface area contributed by atoms with Crippen LogP contribution in [-0.4, -0.2) is 23.0 Å². The molecule has 0 amide bonds. The summed E-state index contributed by atoms with van der Waals surface area (Å²) >= 11 is 0. The van der Waals surface area contributed by atoms with Gasteiger partial charge in [0, 0.05) is 17.1 Å². The zero-order valence-electron chi connectivity index (χ0n) is 14.4. The molecule has 0 saturated heterocycles. The third-order valence-corrected chi connectivity index (χ3v) is 4.09. The number of nitrogens with zero attached hydrogens (tertiary/aromatic N) is 1. The van der Waals surface area contributed by atoms with Crippen molar-refractivity contribution in [2.75, 3.05) is 4.90 Å². The molecule has 7 nitrogen and oxygen atoms in total. The molecule has 0 saturated carbocycles. The Labute approximate surface area is 159 Å². The molecule has 0 aromatic heterocycles. The number of hydrogen-bond acceptors (Lipinski definition) is 6. The van der Waals surface area contributed by atoms with Crippen LogP contribution in [0.25, 0.3) is 0 Å². The maximum absolute atomic E-state index is 11.1. The minimum Gasteiger partial charge on any atom is -0.545 e. The smallest absolute Gasteiger partial charge is 0.335 e. The van der Waals surface area contributed by atoms with E-state index in [1.165, 1.54) is 36.4 Å². The summed E-state index contributed by atoms with van der Waals surface area (Å²) in [6, 6.07) is 17.9. The van der Waals surface area contributed by atoms with Gasteiger partial charge in [0.1, 0.15) is 0 Å². The molecule has 1 N–H and O–H groups in total. The average molecular weight is 375 g/mol. The first-order valence-electron chi connectivity index (χ1n) is 8.13. The zero-order valence-corrected chi connectivity index (χ0v) is 14.4. The van der Waals surface area contributed by atoms with E-state index in [1.54, 1.807) is 41.3 Å². The third-order valence-electron chi connectivity index (χ3n) is 4.09. The van der Waals surface area contributed by atoms with E-state index in [1.807, 2.05) is 0 Å². The van der Waals surface area contributed by atoms with Crippen LogP contribution in [0, 0.1) is 0 Å². The van der Waals surface area contributed by atoms with Crippen LogP contribution in [0.15, 0.2) is 72.8 Å². The Morgan fingerprint density at radius 3 is 1.11 bits per heavy atom. The van der Waals surface area contributed by atoms with Crippen molar-refractivity contribution in [3.05, 3.63) is 89.5 Å². The fourth-order valence-corrected chi connectivity index (χ4v) is 2.69. The van der Waals surface area contributed by atoms with E-state index in [0.29, 0.717) is 17.1 Å². The number of carbonyl (C=O) groups is 3. The van der Waals surface area contributed by atoms with E-state index >= 15 is 0 Å². The molecular weight excluding hydrogens is 362 g/mol. The highest BCUT2D eigenvalue weighted by Gasteiger charge is 2.14. The van der Waals surface area contributed by atoms with Crippen molar-refractivity contribution in [2.45, 2.75) is 0 Å². The highest BCUT2D eigenvalue weighted by molar-refractivity contribution is 5.90. The van der Waals surface area contributed by atoms with Gasteiger partial charge in [0.15, 0.2) is 0 Å². The van der Waals surface area contributed by atoms with Crippen molar-refractivity contribution in [3.8, 4) is 0 Å². The maximum Gasteiger partial charge on any atom is 0.335 e. The van der Waals surface area contributed by atoms with Gasteiger partial charge >= 0.3 is 5.97 Å². The Balaban J connectivity index is 2.08. The SMILES string of the molecule is O=C([O-])c1ccc(N(c2ccc(C(=O)[O-])cc2)c2ccc(C(=O)O)cc2)cc1. The normalized spacial score (nSPS) is 10.3. The Morgan fingerprint density at radius 2 is 0.857 bits per heavy atom. The molecule has 0 radical (unpaired) electrons. The largest absolute Gasteiger partial charge is 0.545 e. The monoisotopic (exact) mass is 375 g/mol. The van der Waals surface area contributed by atoms with Crippen LogP contribution in [-0.2, 0) is 0 Å². The molecule has 0 atom stereocenters. The van der Waals surface area contributed by atoms with Crippen LogP contribution in [0.4, 0.5) is 17.1 Å². The molecular formula is C21H13NO6-2. The minimum absolute atomic E-state index is 0.0113. The van der Waals surface area contributed by atoms with Gasteiger partial charge in [-0.2, -0.15) is 0 Å². The molecule has 140 valence electrons. The molecule has 3 aromatic carbocycles. The number of hydrogen-bond donors (Lipinski definition) is 1. The second kappa shape index (κ2) is 7.63. The van der Waals surface area contributed by atoms with Crippen molar-refractivity contribution in [1.82, 2.24) is 0 Å². The van der Waals surface area contributed by atoms with Gasteiger partial charge in [-0.05, 0) is 59.7 Å². The van der Waals surface area contributed by atoms with Gasteiger partial charge in [0.05, 0.1) is 17.5 Å². The topological polar surface area (TPSA) is 121 Å². The van der Waals surface area contributed by atoms with E-state index in [0.717, 1.165) is 0 Å². The van der Waals surface area contributed by atoms with Crippen molar-refractivity contribution in [2.24, 2.45) is 0 Å². The van der Waals surface area contributed by atoms with Crippen molar-refractivity contribution < 1.29 is 29.7 Å². The summed E-state index contributed by atoms with van der Waals surface area (Å²) in [5.41, 5.74) is 1.92. The van der Waals surface area contributed by atoms with Gasteiger partial charge in [0.25, 0.3) is 0 Å². The van der Waals surface area contributed by atoms with E-state index in [2.05, 4.69) is 0 Å². The van der Waals surface area contributed by atoms with Crippen LogP contribution in [0.5, 0.6) is 0 Å². The summed E-state index contributed by atoms with van der Waals surface area (Å²) < 4.78 is 0. The van der Waals surface area contributed by atoms with Crippen molar-refractivity contribution in [1.29, 1.82) is 0 Å². The first kappa shape index (κ1) is 18.7. The quantitative estimate of drug-likeness (QED) is 0.694. The summed E-state index contributed by atoms with van der Waals surface area (Å²) in [7, 11) is 0. The third kappa shape index (κ3) is 3.83. The Hall–Kier alpha value is -4.13. The summed E-state index contributed by atoms with van der Waals surface area (Å²) in [4.78, 5) is 34.8. The number of carboxylic acids is 3. The van der Waals surface area contributed by atoms with Crippen LogP contribution in [0.1, 0.15) is 31.1 Å². The number of rotatable bonds is 6. The van der Waals surface area contributed by atoms with Gasteiger partial charge in [0.2, 0.25) is 0 Å².